The Balaban J connectivity index is 1.37. The fourth-order valence-corrected chi connectivity index (χ4v) is 5.66. The molecule has 6 rings (SSSR count). The summed E-state index contributed by atoms with van der Waals surface area (Å²) in [6.45, 7) is 1.79. The van der Waals surface area contributed by atoms with E-state index in [0.29, 0.717) is 39.0 Å². The average Bonchev–Trinajstić information content (AvgIpc) is 3.67. The van der Waals surface area contributed by atoms with Crippen LogP contribution in [0.4, 0.5) is 25.8 Å². The van der Waals surface area contributed by atoms with Gasteiger partial charge in [-0.25, -0.2) is 8.78 Å². The van der Waals surface area contributed by atoms with Crippen molar-refractivity contribution in [3.05, 3.63) is 105 Å². The molecule has 214 valence electrons. The minimum atomic E-state index is -0.550. The van der Waals surface area contributed by atoms with E-state index in [0.717, 1.165) is 37.2 Å². The zero-order valence-corrected chi connectivity index (χ0v) is 23.7. The Labute approximate surface area is 251 Å². The van der Waals surface area contributed by atoms with E-state index in [1.165, 1.54) is 36.5 Å². The largest absolute Gasteiger partial charge is 0.373 e. The predicted molar refractivity (Wildman–Crippen MR) is 161 cm³/mol. The van der Waals surface area contributed by atoms with Crippen molar-refractivity contribution in [3.63, 3.8) is 0 Å². The topological polar surface area (TPSA) is 100 Å². The molecule has 5 N–H and O–H groups in total. The number of rotatable bonds is 8. The van der Waals surface area contributed by atoms with Crippen molar-refractivity contribution in [2.24, 2.45) is 0 Å². The molecule has 2 aliphatic heterocycles. The normalized spacial score (nSPS) is 17.1. The van der Waals surface area contributed by atoms with Gasteiger partial charge < -0.3 is 21.4 Å². The molecular weight excluding hydrogens is 581 g/mol. The molecule has 0 saturated carbocycles. The Bertz CT molecular complexity index is 1700. The molecule has 1 aromatic heterocycles. The highest BCUT2D eigenvalue weighted by Crippen LogP contribution is 2.37. The van der Waals surface area contributed by atoms with Gasteiger partial charge in [0.2, 0.25) is 0 Å². The third kappa shape index (κ3) is 5.91. The zero-order valence-electron chi connectivity index (χ0n) is 22.2. The maximum atomic E-state index is 13.8. The van der Waals surface area contributed by atoms with Gasteiger partial charge in [0.15, 0.2) is 0 Å². The number of hydrazine groups is 2. The standard InChI is InChI=1S/C30H26Cl2F2N8/c31-24-11-20(7-8-26(24)34)38-28-18(13-35)14-37-30-23(28)10-22(12-25(30)32)39-29(17-3-5-19(33)6-4-17)27-16-42(41-40-27)15-21-2-1-9-36-21/h3-8,10-12,14,16,21,29,36,39-41H,1-2,9,15H2,(H,37,38)/t21-,29?/m1/s1. The third-order valence-corrected chi connectivity index (χ3v) is 7.86. The quantitative estimate of drug-likeness (QED) is 0.155. The summed E-state index contributed by atoms with van der Waals surface area (Å²) in [6.07, 6.45) is 5.68. The number of halogens is 4. The predicted octanol–water partition coefficient (Wildman–Crippen LogP) is 6.51. The minimum absolute atomic E-state index is 0.0527. The molecule has 2 atom stereocenters. The van der Waals surface area contributed by atoms with Gasteiger partial charge in [0.1, 0.15) is 17.7 Å². The maximum Gasteiger partial charge on any atom is 0.141 e. The first-order chi connectivity index (χ1) is 20.4. The number of anilines is 3. The van der Waals surface area contributed by atoms with Crippen molar-refractivity contribution in [3.8, 4) is 6.07 Å². The summed E-state index contributed by atoms with van der Waals surface area (Å²) < 4.78 is 27.6. The number of hydrogen-bond acceptors (Lipinski definition) is 8. The van der Waals surface area contributed by atoms with Gasteiger partial charge in [0.25, 0.3) is 0 Å². The summed E-state index contributed by atoms with van der Waals surface area (Å²) in [5.74, 6) is -0.885. The van der Waals surface area contributed by atoms with Crippen LogP contribution in [0.1, 0.15) is 30.0 Å². The second-order valence-corrected chi connectivity index (χ2v) is 11.0. The van der Waals surface area contributed by atoms with Gasteiger partial charge in [-0.3, -0.25) is 9.99 Å². The number of benzene rings is 3. The fraction of sp³-hybridized carbons (Fsp3) is 0.200. The lowest BCUT2D eigenvalue weighted by molar-refractivity contribution is 0.247. The number of pyridine rings is 1. The van der Waals surface area contributed by atoms with Gasteiger partial charge in [-0.15, -0.1) is 5.53 Å². The first-order valence-corrected chi connectivity index (χ1v) is 14.1. The second-order valence-electron chi connectivity index (χ2n) is 10.2. The van der Waals surface area contributed by atoms with Crippen molar-refractivity contribution in [2.45, 2.75) is 24.9 Å². The third-order valence-electron chi connectivity index (χ3n) is 7.28. The molecule has 8 nitrogen and oxygen atoms in total. The van der Waals surface area contributed by atoms with Crippen LogP contribution in [-0.4, -0.2) is 29.1 Å². The SMILES string of the molecule is N#Cc1cnc2c(Cl)cc(NC(C3=CN(C[C@H]4CCCN4)NN3)c3ccc(F)cc3)cc2c1Nc1ccc(F)c(Cl)c1. The molecule has 3 heterocycles. The molecule has 0 aliphatic carbocycles. The molecular formula is C30H26Cl2F2N8. The van der Waals surface area contributed by atoms with Crippen molar-refractivity contribution in [2.75, 3.05) is 23.7 Å². The van der Waals surface area contributed by atoms with E-state index in [1.807, 2.05) is 17.3 Å². The number of nitriles is 1. The lowest BCUT2D eigenvalue weighted by Gasteiger charge is -2.22. The van der Waals surface area contributed by atoms with Crippen molar-refractivity contribution >= 4 is 51.2 Å². The van der Waals surface area contributed by atoms with Crippen LogP contribution in [0.2, 0.25) is 10.0 Å². The number of fused-ring (bicyclic) bond motifs is 1. The minimum Gasteiger partial charge on any atom is -0.373 e. The summed E-state index contributed by atoms with van der Waals surface area (Å²) in [5.41, 5.74) is 10.4. The number of nitrogens with one attached hydrogen (secondary N) is 5. The van der Waals surface area contributed by atoms with Crippen LogP contribution >= 0.6 is 23.2 Å². The summed E-state index contributed by atoms with van der Waals surface area (Å²) in [6, 6.07) is 16.2. The summed E-state index contributed by atoms with van der Waals surface area (Å²) >= 11 is 12.7. The van der Waals surface area contributed by atoms with Crippen LogP contribution in [0, 0.1) is 23.0 Å². The molecule has 1 unspecified atom stereocenters. The van der Waals surface area contributed by atoms with Crippen LogP contribution < -0.4 is 26.9 Å². The Hall–Kier alpha value is -4.14. The van der Waals surface area contributed by atoms with E-state index >= 15 is 0 Å². The Morgan fingerprint density at radius 1 is 1.07 bits per heavy atom. The average molecular weight is 607 g/mol. The summed E-state index contributed by atoms with van der Waals surface area (Å²) in [4.78, 5) is 4.41. The van der Waals surface area contributed by atoms with Crippen molar-refractivity contribution < 1.29 is 8.78 Å². The van der Waals surface area contributed by atoms with Crippen LogP contribution in [-0.2, 0) is 0 Å². The van der Waals surface area contributed by atoms with Crippen LogP contribution in [0.15, 0.2) is 72.7 Å². The van der Waals surface area contributed by atoms with Crippen molar-refractivity contribution in [1.29, 1.82) is 5.26 Å². The lowest BCUT2D eigenvalue weighted by atomic mass is 10.0. The molecule has 0 amide bonds. The van der Waals surface area contributed by atoms with Crippen LogP contribution in [0.25, 0.3) is 10.9 Å². The molecule has 0 radical (unpaired) electrons. The summed E-state index contributed by atoms with van der Waals surface area (Å²) in [7, 11) is 0. The van der Waals surface area contributed by atoms with E-state index in [-0.39, 0.29) is 16.4 Å². The maximum absolute atomic E-state index is 13.8. The van der Waals surface area contributed by atoms with Gasteiger partial charge in [-0.1, -0.05) is 35.3 Å². The Morgan fingerprint density at radius 3 is 2.62 bits per heavy atom. The fourth-order valence-electron chi connectivity index (χ4n) is 5.21. The molecule has 1 fully saturated rings. The van der Waals surface area contributed by atoms with Gasteiger partial charge in [0.05, 0.1) is 45.1 Å². The molecule has 0 spiro atoms. The highest BCUT2D eigenvalue weighted by Gasteiger charge is 2.25. The van der Waals surface area contributed by atoms with Gasteiger partial charge in [0, 0.05) is 35.2 Å². The first kappa shape index (κ1) is 28.0. The summed E-state index contributed by atoms with van der Waals surface area (Å²) in [5, 5.41) is 22.9. The van der Waals surface area contributed by atoms with E-state index in [4.69, 9.17) is 23.2 Å². The lowest BCUT2D eigenvalue weighted by Crippen LogP contribution is -2.43. The molecule has 4 aromatic rings. The number of aromatic nitrogens is 1. The van der Waals surface area contributed by atoms with Gasteiger partial charge >= 0.3 is 0 Å². The zero-order chi connectivity index (χ0) is 29.2. The Kier molecular flexibility index (Phi) is 8.00. The van der Waals surface area contributed by atoms with E-state index in [9.17, 15) is 14.0 Å². The Morgan fingerprint density at radius 2 is 1.88 bits per heavy atom. The molecule has 2 aliphatic rings. The number of hydrogen-bond donors (Lipinski definition) is 5. The van der Waals surface area contributed by atoms with E-state index in [2.05, 4.69) is 38.0 Å². The van der Waals surface area contributed by atoms with E-state index < -0.39 is 11.9 Å². The molecule has 0 bridgehead atoms. The van der Waals surface area contributed by atoms with E-state index in [1.54, 1.807) is 18.2 Å². The molecule has 3 aromatic carbocycles. The first-order valence-electron chi connectivity index (χ1n) is 13.4. The highest BCUT2D eigenvalue weighted by molar-refractivity contribution is 6.36. The molecule has 1 saturated heterocycles. The van der Waals surface area contributed by atoms with Crippen LogP contribution in [0.3, 0.4) is 0 Å². The molecule has 12 heteroatoms. The number of nitrogens with zero attached hydrogens (tertiary/aromatic N) is 3. The van der Waals surface area contributed by atoms with Gasteiger partial charge in [-0.2, -0.15) is 5.26 Å². The monoisotopic (exact) mass is 606 g/mol. The van der Waals surface area contributed by atoms with Gasteiger partial charge in [-0.05, 0) is 67.4 Å². The van der Waals surface area contributed by atoms with Crippen LogP contribution in [0.5, 0.6) is 0 Å². The smallest absolute Gasteiger partial charge is 0.141 e. The molecule has 42 heavy (non-hydrogen) atoms. The van der Waals surface area contributed by atoms with Crippen molar-refractivity contribution in [1.82, 2.24) is 26.3 Å². The highest BCUT2D eigenvalue weighted by atomic mass is 35.5. The second kappa shape index (κ2) is 12.0.